The van der Waals surface area contributed by atoms with Crippen LogP contribution in [0, 0.1) is 11.6 Å². The van der Waals surface area contributed by atoms with E-state index in [-0.39, 0.29) is 0 Å². The summed E-state index contributed by atoms with van der Waals surface area (Å²) in [7, 11) is 0. The minimum absolute atomic E-state index is 0.784. The Morgan fingerprint density at radius 2 is 2.00 bits per heavy atom. The smallest absolute Gasteiger partial charge is 0.139 e. The van der Waals surface area contributed by atoms with Crippen molar-refractivity contribution in [2.45, 2.75) is 39.0 Å². The van der Waals surface area contributed by atoms with Gasteiger partial charge in [0.05, 0.1) is 0 Å². The van der Waals surface area contributed by atoms with Gasteiger partial charge in [-0.25, -0.2) is 4.98 Å². The maximum absolute atomic E-state index is 5.49. The van der Waals surface area contributed by atoms with Crippen molar-refractivity contribution in [3.63, 3.8) is 0 Å². The van der Waals surface area contributed by atoms with Gasteiger partial charge in [0, 0.05) is 16.8 Å². The molecule has 0 spiro atoms. The summed E-state index contributed by atoms with van der Waals surface area (Å²) in [6.45, 7) is 2.10. The predicted octanol–water partition coefficient (Wildman–Crippen LogP) is 4.38. The van der Waals surface area contributed by atoms with Crippen LogP contribution in [-0.4, -0.2) is 9.97 Å². The van der Waals surface area contributed by atoms with Crippen LogP contribution in [0.3, 0.4) is 0 Å². The fourth-order valence-corrected chi connectivity index (χ4v) is 3.04. The molecule has 19 heavy (non-hydrogen) atoms. The second kappa shape index (κ2) is 5.25. The first-order chi connectivity index (χ1) is 9.24. The average molecular weight is 270 g/mol. The molecule has 1 aliphatic rings. The van der Waals surface area contributed by atoms with E-state index in [2.05, 4.69) is 41.2 Å². The molecule has 98 valence electrons. The van der Waals surface area contributed by atoms with Gasteiger partial charge in [0.15, 0.2) is 0 Å². The molecule has 0 atom stereocenters. The van der Waals surface area contributed by atoms with E-state index < -0.39 is 0 Å². The zero-order valence-corrected chi connectivity index (χ0v) is 12.0. The Morgan fingerprint density at radius 3 is 2.84 bits per heavy atom. The third-order valence-corrected chi connectivity index (χ3v) is 4.09. The van der Waals surface area contributed by atoms with Crippen molar-refractivity contribution >= 4 is 12.2 Å². The lowest BCUT2D eigenvalue weighted by molar-refractivity contribution is 0.708. The lowest BCUT2D eigenvalue weighted by Gasteiger charge is -2.09. The van der Waals surface area contributed by atoms with E-state index in [4.69, 9.17) is 12.2 Å². The SMILES string of the molecule is Cc1cccc(-c2nc(=S)c3c([nH]2)CCCCC3)c1. The molecule has 0 amide bonds. The highest BCUT2D eigenvalue weighted by atomic mass is 32.1. The molecule has 0 fully saturated rings. The highest BCUT2D eigenvalue weighted by molar-refractivity contribution is 7.71. The van der Waals surface area contributed by atoms with Crippen molar-refractivity contribution in [3.05, 3.63) is 45.7 Å². The van der Waals surface area contributed by atoms with Gasteiger partial charge in [-0.2, -0.15) is 0 Å². The van der Waals surface area contributed by atoms with E-state index in [1.807, 2.05) is 0 Å². The molecule has 0 aliphatic heterocycles. The molecule has 3 heteroatoms. The van der Waals surface area contributed by atoms with Crippen LogP contribution >= 0.6 is 12.2 Å². The van der Waals surface area contributed by atoms with E-state index in [1.54, 1.807) is 0 Å². The number of aryl methyl sites for hydroxylation is 2. The lowest BCUT2D eigenvalue weighted by atomic mass is 10.1. The van der Waals surface area contributed by atoms with E-state index in [1.165, 1.54) is 36.1 Å². The summed E-state index contributed by atoms with van der Waals surface area (Å²) in [6.07, 6.45) is 5.94. The molecule has 1 N–H and O–H groups in total. The Morgan fingerprint density at radius 1 is 1.16 bits per heavy atom. The summed E-state index contributed by atoms with van der Waals surface area (Å²) in [6, 6.07) is 8.40. The fourth-order valence-electron chi connectivity index (χ4n) is 2.73. The molecule has 1 aliphatic carbocycles. The van der Waals surface area contributed by atoms with Gasteiger partial charge in [-0.3, -0.25) is 0 Å². The minimum Gasteiger partial charge on any atom is -0.343 e. The zero-order chi connectivity index (χ0) is 13.2. The molecule has 0 radical (unpaired) electrons. The molecule has 3 rings (SSSR count). The van der Waals surface area contributed by atoms with Crippen LogP contribution in [0.4, 0.5) is 0 Å². The number of benzene rings is 1. The number of hydrogen-bond donors (Lipinski definition) is 1. The zero-order valence-electron chi connectivity index (χ0n) is 11.2. The van der Waals surface area contributed by atoms with Crippen LogP contribution in [0.25, 0.3) is 11.4 Å². The van der Waals surface area contributed by atoms with Gasteiger partial charge in [0.2, 0.25) is 0 Å². The van der Waals surface area contributed by atoms with Crippen LogP contribution in [0.1, 0.15) is 36.1 Å². The van der Waals surface area contributed by atoms with Crippen LogP contribution in [0.5, 0.6) is 0 Å². The van der Waals surface area contributed by atoms with Gasteiger partial charge in [-0.15, -0.1) is 0 Å². The van der Waals surface area contributed by atoms with Crippen molar-refractivity contribution in [1.82, 2.24) is 9.97 Å². The highest BCUT2D eigenvalue weighted by Gasteiger charge is 2.12. The maximum atomic E-state index is 5.49. The maximum Gasteiger partial charge on any atom is 0.139 e. The molecular formula is C16H18N2S. The lowest BCUT2D eigenvalue weighted by Crippen LogP contribution is -2.02. The Hall–Kier alpha value is -1.48. The number of nitrogens with zero attached hydrogens (tertiary/aromatic N) is 1. The molecule has 0 unspecified atom stereocenters. The molecule has 1 heterocycles. The summed E-state index contributed by atoms with van der Waals surface area (Å²) < 4.78 is 0.784. The van der Waals surface area contributed by atoms with Crippen molar-refractivity contribution < 1.29 is 0 Å². The minimum atomic E-state index is 0.784. The third-order valence-electron chi connectivity index (χ3n) is 3.75. The highest BCUT2D eigenvalue weighted by Crippen LogP contribution is 2.23. The van der Waals surface area contributed by atoms with Crippen LogP contribution < -0.4 is 0 Å². The molecule has 0 bridgehead atoms. The Labute approximate surface area is 118 Å². The van der Waals surface area contributed by atoms with Crippen molar-refractivity contribution in [3.8, 4) is 11.4 Å². The number of nitrogens with one attached hydrogen (secondary N) is 1. The standard InChI is InChI=1S/C16H18N2S/c1-11-6-5-7-12(10-11)15-17-14-9-4-2-3-8-13(14)16(19)18-15/h5-7,10H,2-4,8-9H2,1H3,(H,17,18,19). The summed E-state index contributed by atoms with van der Waals surface area (Å²) >= 11 is 5.49. The van der Waals surface area contributed by atoms with Gasteiger partial charge in [0.25, 0.3) is 0 Å². The molecule has 0 saturated carbocycles. The fraction of sp³-hybridized carbons (Fsp3) is 0.375. The van der Waals surface area contributed by atoms with Crippen LogP contribution in [0.15, 0.2) is 24.3 Å². The largest absolute Gasteiger partial charge is 0.343 e. The number of aromatic nitrogens is 2. The van der Waals surface area contributed by atoms with Gasteiger partial charge in [-0.05, 0) is 38.7 Å². The van der Waals surface area contributed by atoms with E-state index >= 15 is 0 Å². The quantitative estimate of drug-likeness (QED) is 0.615. The van der Waals surface area contributed by atoms with Crippen molar-refractivity contribution in [2.24, 2.45) is 0 Å². The second-order valence-electron chi connectivity index (χ2n) is 5.28. The van der Waals surface area contributed by atoms with Gasteiger partial charge in [-0.1, -0.05) is 42.4 Å². The Kier molecular flexibility index (Phi) is 3.47. The first kappa shape index (κ1) is 12.5. The van der Waals surface area contributed by atoms with E-state index in [0.717, 1.165) is 28.9 Å². The first-order valence-electron chi connectivity index (χ1n) is 6.93. The van der Waals surface area contributed by atoms with Crippen molar-refractivity contribution in [1.29, 1.82) is 0 Å². The average Bonchev–Trinajstić information content (AvgIpc) is 2.64. The summed E-state index contributed by atoms with van der Waals surface area (Å²) in [5.41, 5.74) is 4.93. The molecule has 2 nitrogen and oxygen atoms in total. The van der Waals surface area contributed by atoms with Gasteiger partial charge < -0.3 is 4.98 Å². The van der Waals surface area contributed by atoms with Crippen LogP contribution in [-0.2, 0) is 12.8 Å². The van der Waals surface area contributed by atoms with E-state index in [9.17, 15) is 0 Å². The first-order valence-corrected chi connectivity index (χ1v) is 7.34. The van der Waals surface area contributed by atoms with Crippen molar-refractivity contribution in [2.75, 3.05) is 0 Å². The number of H-pyrrole nitrogens is 1. The van der Waals surface area contributed by atoms with E-state index in [0.29, 0.717) is 0 Å². The monoisotopic (exact) mass is 270 g/mol. The number of rotatable bonds is 1. The Bertz CT molecular complexity index is 658. The molecule has 1 aromatic heterocycles. The molecule has 0 saturated heterocycles. The predicted molar refractivity (Wildman–Crippen MR) is 80.9 cm³/mol. The molecular weight excluding hydrogens is 252 g/mol. The number of aromatic amines is 1. The summed E-state index contributed by atoms with van der Waals surface area (Å²) in [4.78, 5) is 8.11. The number of fused-ring (bicyclic) bond motifs is 1. The van der Waals surface area contributed by atoms with Gasteiger partial charge >= 0.3 is 0 Å². The second-order valence-corrected chi connectivity index (χ2v) is 5.66. The summed E-state index contributed by atoms with van der Waals surface area (Å²) in [5, 5.41) is 0. The topological polar surface area (TPSA) is 28.7 Å². The summed E-state index contributed by atoms with van der Waals surface area (Å²) in [5.74, 6) is 0.911. The molecule has 2 aromatic rings. The number of hydrogen-bond acceptors (Lipinski definition) is 2. The normalized spacial score (nSPS) is 14.8. The van der Waals surface area contributed by atoms with Crippen LogP contribution in [0.2, 0.25) is 0 Å². The third kappa shape index (κ3) is 2.61. The van der Waals surface area contributed by atoms with Gasteiger partial charge in [0.1, 0.15) is 10.5 Å². The Balaban J connectivity index is 2.11. The molecule has 1 aromatic carbocycles.